The number of hydrogen-bond donors (Lipinski definition) is 2. The maximum absolute atomic E-state index is 13.4. The first-order chi connectivity index (χ1) is 13.4. The lowest BCUT2D eigenvalue weighted by molar-refractivity contribution is -0.126. The van der Waals surface area contributed by atoms with Gasteiger partial charge < -0.3 is 15.5 Å². The molecule has 1 fully saturated rings. The van der Waals surface area contributed by atoms with E-state index in [1.165, 1.54) is 4.90 Å². The number of carbonyl (C=O) groups is 3. The van der Waals surface area contributed by atoms with Crippen molar-refractivity contribution in [1.29, 1.82) is 0 Å². The van der Waals surface area contributed by atoms with Gasteiger partial charge in [-0.25, -0.2) is 8.78 Å². The van der Waals surface area contributed by atoms with Gasteiger partial charge >= 0.3 is 0 Å². The second-order valence-corrected chi connectivity index (χ2v) is 6.45. The van der Waals surface area contributed by atoms with Crippen molar-refractivity contribution in [2.45, 2.75) is 6.42 Å². The first kappa shape index (κ1) is 19.5. The topological polar surface area (TPSA) is 78.5 Å². The van der Waals surface area contributed by atoms with Crippen LogP contribution in [0.2, 0.25) is 0 Å². The Morgan fingerprint density at radius 3 is 2.32 bits per heavy atom. The summed E-state index contributed by atoms with van der Waals surface area (Å²) in [6.45, 7) is 0.486. The predicted molar refractivity (Wildman–Crippen MR) is 98.6 cm³/mol. The molecule has 3 rings (SSSR count). The summed E-state index contributed by atoms with van der Waals surface area (Å²) < 4.78 is 26.7. The van der Waals surface area contributed by atoms with E-state index in [9.17, 15) is 23.2 Å². The molecular weight excluding hydrogens is 368 g/mol. The Morgan fingerprint density at radius 2 is 1.64 bits per heavy atom. The largest absolute Gasteiger partial charge is 0.354 e. The molecule has 6 nitrogen and oxygen atoms in total. The van der Waals surface area contributed by atoms with Crippen LogP contribution in [0, 0.1) is 17.6 Å². The Morgan fingerprint density at radius 1 is 1.00 bits per heavy atom. The summed E-state index contributed by atoms with van der Waals surface area (Å²) in [4.78, 5) is 37.5. The summed E-state index contributed by atoms with van der Waals surface area (Å²) in [5, 5.41) is 5.35. The first-order valence-corrected chi connectivity index (χ1v) is 8.81. The summed E-state index contributed by atoms with van der Waals surface area (Å²) >= 11 is 0. The molecule has 1 aliphatic heterocycles. The van der Waals surface area contributed by atoms with Crippen LogP contribution in [-0.2, 0) is 9.59 Å². The highest BCUT2D eigenvalue weighted by Crippen LogP contribution is 2.26. The summed E-state index contributed by atoms with van der Waals surface area (Å²) in [6.07, 6.45) is -0.0413. The summed E-state index contributed by atoms with van der Waals surface area (Å²) in [7, 11) is 0. The highest BCUT2D eigenvalue weighted by molar-refractivity contribution is 6.00. The van der Waals surface area contributed by atoms with Crippen LogP contribution in [0.1, 0.15) is 16.8 Å². The Bertz CT molecular complexity index is 869. The minimum atomic E-state index is -0.787. The van der Waals surface area contributed by atoms with Crippen molar-refractivity contribution >= 4 is 23.4 Å². The fourth-order valence-electron chi connectivity index (χ4n) is 3.03. The Hall–Kier alpha value is -3.29. The summed E-state index contributed by atoms with van der Waals surface area (Å²) in [5.41, 5.74) is 0.612. The monoisotopic (exact) mass is 387 g/mol. The van der Waals surface area contributed by atoms with Crippen molar-refractivity contribution < 1.29 is 23.2 Å². The fraction of sp³-hybridized carbons (Fsp3) is 0.250. The standard InChI is InChI=1S/C20H19F2N3O3/c21-15-9-16(22)11-17(10-15)25-12-14(8-18(25)26)20(28)24-7-6-23-19(27)13-4-2-1-3-5-13/h1-5,9-11,14H,6-8,12H2,(H,23,27)(H,24,28). The molecule has 0 radical (unpaired) electrons. The maximum Gasteiger partial charge on any atom is 0.251 e. The lowest BCUT2D eigenvalue weighted by Gasteiger charge is -2.17. The zero-order chi connectivity index (χ0) is 20.1. The van der Waals surface area contributed by atoms with E-state index in [1.807, 2.05) is 0 Å². The molecule has 1 saturated heterocycles. The maximum atomic E-state index is 13.4. The Kier molecular flexibility index (Phi) is 5.98. The van der Waals surface area contributed by atoms with E-state index in [0.29, 0.717) is 5.56 Å². The molecule has 1 atom stereocenters. The zero-order valence-corrected chi connectivity index (χ0v) is 15.0. The number of amides is 3. The molecule has 146 valence electrons. The molecule has 0 aromatic heterocycles. The lowest BCUT2D eigenvalue weighted by Crippen LogP contribution is -2.38. The van der Waals surface area contributed by atoms with E-state index in [1.54, 1.807) is 30.3 Å². The van der Waals surface area contributed by atoms with E-state index in [4.69, 9.17) is 0 Å². The second-order valence-electron chi connectivity index (χ2n) is 6.45. The van der Waals surface area contributed by atoms with Crippen molar-refractivity contribution in [1.82, 2.24) is 10.6 Å². The molecule has 1 heterocycles. The van der Waals surface area contributed by atoms with E-state index in [-0.39, 0.29) is 49.5 Å². The normalized spacial score (nSPS) is 16.1. The number of carbonyl (C=O) groups excluding carboxylic acids is 3. The smallest absolute Gasteiger partial charge is 0.251 e. The molecule has 0 bridgehead atoms. The third-order valence-corrected chi connectivity index (χ3v) is 4.40. The number of halogens is 2. The van der Waals surface area contributed by atoms with E-state index in [2.05, 4.69) is 10.6 Å². The zero-order valence-electron chi connectivity index (χ0n) is 15.0. The average Bonchev–Trinajstić information content (AvgIpc) is 3.06. The van der Waals surface area contributed by atoms with Crippen molar-refractivity contribution in [2.75, 3.05) is 24.5 Å². The lowest BCUT2D eigenvalue weighted by atomic mass is 10.1. The van der Waals surface area contributed by atoms with Crippen LogP contribution in [0.25, 0.3) is 0 Å². The number of nitrogens with zero attached hydrogens (tertiary/aromatic N) is 1. The molecule has 8 heteroatoms. The Balaban J connectivity index is 1.47. The van der Waals surface area contributed by atoms with Gasteiger partial charge in [-0.3, -0.25) is 14.4 Å². The van der Waals surface area contributed by atoms with Crippen LogP contribution >= 0.6 is 0 Å². The van der Waals surface area contributed by atoms with Crippen LogP contribution in [-0.4, -0.2) is 37.4 Å². The Labute approximate surface area is 160 Å². The number of hydrogen-bond acceptors (Lipinski definition) is 3. The highest BCUT2D eigenvalue weighted by Gasteiger charge is 2.35. The van der Waals surface area contributed by atoms with Crippen LogP contribution in [0.4, 0.5) is 14.5 Å². The van der Waals surface area contributed by atoms with Gasteiger partial charge in [0.25, 0.3) is 5.91 Å². The van der Waals surface area contributed by atoms with Gasteiger partial charge in [0.2, 0.25) is 11.8 Å². The first-order valence-electron chi connectivity index (χ1n) is 8.81. The van der Waals surface area contributed by atoms with Gasteiger partial charge in [-0.2, -0.15) is 0 Å². The summed E-state index contributed by atoms with van der Waals surface area (Å²) in [6, 6.07) is 11.5. The molecule has 0 spiro atoms. The van der Waals surface area contributed by atoms with Crippen molar-refractivity contribution in [3.63, 3.8) is 0 Å². The number of benzene rings is 2. The van der Waals surface area contributed by atoms with Gasteiger partial charge in [0, 0.05) is 43.4 Å². The molecule has 2 aromatic carbocycles. The summed E-state index contributed by atoms with van der Waals surface area (Å²) in [5.74, 6) is -3.16. The fourth-order valence-corrected chi connectivity index (χ4v) is 3.03. The van der Waals surface area contributed by atoms with Crippen molar-refractivity contribution in [2.24, 2.45) is 5.92 Å². The third kappa shape index (κ3) is 4.70. The average molecular weight is 387 g/mol. The van der Waals surface area contributed by atoms with Gasteiger partial charge in [-0.1, -0.05) is 18.2 Å². The van der Waals surface area contributed by atoms with Gasteiger partial charge in [0.05, 0.1) is 5.92 Å². The van der Waals surface area contributed by atoms with Gasteiger partial charge in [0.1, 0.15) is 11.6 Å². The van der Waals surface area contributed by atoms with Crippen LogP contribution < -0.4 is 15.5 Å². The molecule has 28 heavy (non-hydrogen) atoms. The molecule has 1 aliphatic rings. The molecule has 0 aliphatic carbocycles. The predicted octanol–water partition coefficient (Wildman–Crippen LogP) is 1.86. The minimum absolute atomic E-state index is 0.0413. The molecule has 1 unspecified atom stereocenters. The van der Waals surface area contributed by atoms with Gasteiger partial charge in [0.15, 0.2) is 0 Å². The van der Waals surface area contributed by atoms with Crippen molar-refractivity contribution in [3.8, 4) is 0 Å². The highest BCUT2D eigenvalue weighted by atomic mass is 19.1. The second kappa shape index (κ2) is 8.60. The van der Waals surface area contributed by atoms with E-state index < -0.39 is 17.6 Å². The third-order valence-electron chi connectivity index (χ3n) is 4.40. The van der Waals surface area contributed by atoms with Crippen molar-refractivity contribution in [3.05, 3.63) is 65.7 Å². The minimum Gasteiger partial charge on any atom is -0.354 e. The molecule has 0 saturated carbocycles. The molecule has 2 N–H and O–H groups in total. The van der Waals surface area contributed by atoms with E-state index in [0.717, 1.165) is 18.2 Å². The van der Waals surface area contributed by atoms with Gasteiger partial charge in [-0.15, -0.1) is 0 Å². The molecule has 2 aromatic rings. The molecule has 3 amide bonds. The van der Waals surface area contributed by atoms with Crippen LogP contribution in [0.5, 0.6) is 0 Å². The number of rotatable bonds is 6. The number of nitrogens with one attached hydrogen (secondary N) is 2. The quantitative estimate of drug-likeness (QED) is 0.743. The van der Waals surface area contributed by atoms with Crippen LogP contribution in [0.3, 0.4) is 0 Å². The SMILES string of the molecule is O=C(NCCNC(=O)C1CC(=O)N(c2cc(F)cc(F)c2)C1)c1ccccc1. The van der Waals surface area contributed by atoms with Crippen LogP contribution in [0.15, 0.2) is 48.5 Å². The number of anilines is 1. The molecular formula is C20H19F2N3O3. The van der Waals surface area contributed by atoms with E-state index >= 15 is 0 Å². The van der Waals surface area contributed by atoms with Gasteiger partial charge in [-0.05, 0) is 24.3 Å².